The van der Waals surface area contributed by atoms with Crippen LogP contribution in [0.2, 0.25) is 10.0 Å². The van der Waals surface area contributed by atoms with Gasteiger partial charge in [-0.3, -0.25) is 9.69 Å². The molecule has 0 aliphatic carbocycles. The predicted molar refractivity (Wildman–Crippen MR) is 89.7 cm³/mol. The predicted octanol–water partition coefficient (Wildman–Crippen LogP) is 2.60. The molecule has 2 unspecified atom stereocenters. The number of nitrogens with zero attached hydrogens (tertiary/aromatic N) is 1. The zero-order valence-corrected chi connectivity index (χ0v) is 14.5. The molecule has 0 spiro atoms. The van der Waals surface area contributed by atoms with Crippen molar-refractivity contribution in [2.24, 2.45) is 0 Å². The average Bonchev–Trinajstić information content (AvgIpc) is 3.02. The Morgan fingerprint density at radius 2 is 2.22 bits per heavy atom. The third-order valence-electron chi connectivity index (χ3n) is 4.44. The number of ether oxygens (including phenoxy) is 2. The van der Waals surface area contributed by atoms with Crippen molar-refractivity contribution in [3.05, 3.63) is 27.7 Å². The van der Waals surface area contributed by atoms with E-state index in [1.165, 1.54) is 26.0 Å². The van der Waals surface area contributed by atoms with Crippen LogP contribution in [0.5, 0.6) is 5.75 Å². The van der Waals surface area contributed by atoms with Crippen molar-refractivity contribution in [1.82, 2.24) is 10.2 Å². The van der Waals surface area contributed by atoms with Gasteiger partial charge in [-0.2, -0.15) is 0 Å². The van der Waals surface area contributed by atoms with Gasteiger partial charge in [-0.1, -0.05) is 23.2 Å². The first-order valence-electron chi connectivity index (χ1n) is 7.75. The summed E-state index contributed by atoms with van der Waals surface area (Å²) in [7, 11) is 1.49. The van der Waals surface area contributed by atoms with Crippen LogP contribution in [0.3, 0.4) is 0 Å². The molecule has 0 bridgehead atoms. The molecule has 0 radical (unpaired) electrons. The molecule has 2 aliphatic rings. The summed E-state index contributed by atoms with van der Waals surface area (Å²) in [5, 5.41) is 3.58. The molecule has 1 aromatic carbocycles. The lowest BCUT2D eigenvalue weighted by atomic mass is 10.1. The molecule has 1 N–H and O–H groups in total. The molecule has 2 aliphatic heterocycles. The van der Waals surface area contributed by atoms with Crippen molar-refractivity contribution in [3.63, 3.8) is 0 Å². The van der Waals surface area contributed by atoms with Gasteiger partial charge >= 0.3 is 0 Å². The molecule has 1 amide bonds. The second-order valence-corrected chi connectivity index (χ2v) is 6.74. The van der Waals surface area contributed by atoms with E-state index in [0.717, 1.165) is 19.7 Å². The first kappa shape index (κ1) is 16.8. The van der Waals surface area contributed by atoms with Gasteiger partial charge in [-0.05, 0) is 25.5 Å². The van der Waals surface area contributed by atoms with Gasteiger partial charge in [0.25, 0.3) is 5.91 Å². The number of carbonyl (C=O) groups is 1. The molecule has 2 atom stereocenters. The van der Waals surface area contributed by atoms with Gasteiger partial charge in [0, 0.05) is 25.2 Å². The fourth-order valence-electron chi connectivity index (χ4n) is 3.19. The highest BCUT2D eigenvalue weighted by atomic mass is 35.5. The molecule has 3 rings (SSSR count). The van der Waals surface area contributed by atoms with Gasteiger partial charge < -0.3 is 14.8 Å². The highest BCUT2D eigenvalue weighted by Crippen LogP contribution is 2.30. The van der Waals surface area contributed by atoms with Gasteiger partial charge in [-0.15, -0.1) is 0 Å². The highest BCUT2D eigenvalue weighted by Gasteiger charge is 2.32. The van der Waals surface area contributed by atoms with Gasteiger partial charge in [-0.25, -0.2) is 0 Å². The van der Waals surface area contributed by atoms with E-state index in [2.05, 4.69) is 10.2 Å². The molecule has 2 fully saturated rings. The molecule has 2 saturated heterocycles. The van der Waals surface area contributed by atoms with E-state index >= 15 is 0 Å². The van der Waals surface area contributed by atoms with Crippen LogP contribution in [-0.2, 0) is 4.74 Å². The van der Waals surface area contributed by atoms with Crippen molar-refractivity contribution >= 4 is 29.1 Å². The van der Waals surface area contributed by atoms with E-state index in [9.17, 15) is 4.79 Å². The van der Waals surface area contributed by atoms with E-state index in [0.29, 0.717) is 33.9 Å². The summed E-state index contributed by atoms with van der Waals surface area (Å²) in [6, 6.07) is 3.62. The lowest BCUT2D eigenvalue weighted by Gasteiger charge is -2.35. The molecule has 0 saturated carbocycles. The maximum Gasteiger partial charge on any atom is 0.255 e. The second-order valence-electron chi connectivity index (χ2n) is 5.92. The van der Waals surface area contributed by atoms with Gasteiger partial charge in [0.05, 0.1) is 35.4 Å². The minimum absolute atomic E-state index is 0.0158. The molecule has 5 nitrogen and oxygen atoms in total. The van der Waals surface area contributed by atoms with Crippen molar-refractivity contribution in [2.75, 3.05) is 33.4 Å². The lowest BCUT2D eigenvalue weighted by molar-refractivity contribution is -0.0461. The Kier molecular flexibility index (Phi) is 5.31. The smallest absolute Gasteiger partial charge is 0.255 e. The van der Waals surface area contributed by atoms with Crippen LogP contribution in [0.25, 0.3) is 0 Å². The Bertz CT molecular complexity index is 597. The number of amides is 1. The van der Waals surface area contributed by atoms with Crippen LogP contribution in [0, 0.1) is 0 Å². The summed E-state index contributed by atoms with van der Waals surface area (Å²) in [6.45, 7) is 3.20. The minimum atomic E-state index is -0.243. The minimum Gasteiger partial charge on any atom is -0.496 e. The van der Waals surface area contributed by atoms with E-state index in [-0.39, 0.29) is 12.0 Å². The molecule has 7 heteroatoms. The fourth-order valence-corrected chi connectivity index (χ4v) is 3.50. The molecule has 23 heavy (non-hydrogen) atoms. The Morgan fingerprint density at radius 1 is 1.43 bits per heavy atom. The number of rotatable bonds is 4. The third-order valence-corrected chi connectivity index (χ3v) is 5.16. The number of hydrogen-bond acceptors (Lipinski definition) is 4. The largest absolute Gasteiger partial charge is 0.496 e. The monoisotopic (exact) mass is 358 g/mol. The molecule has 1 aromatic rings. The first-order valence-corrected chi connectivity index (χ1v) is 8.51. The number of carbonyl (C=O) groups excluding carboxylic acids is 1. The fraction of sp³-hybridized carbons (Fsp3) is 0.562. The maximum atomic E-state index is 12.4. The van der Waals surface area contributed by atoms with Crippen molar-refractivity contribution < 1.29 is 14.3 Å². The van der Waals surface area contributed by atoms with E-state index < -0.39 is 0 Å². The average molecular weight is 359 g/mol. The Labute approximate surface area is 145 Å². The molecule has 126 valence electrons. The van der Waals surface area contributed by atoms with Crippen LogP contribution < -0.4 is 10.1 Å². The van der Waals surface area contributed by atoms with Crippen molar-refractivity contribution in [1.29, 1.82) is 0 Å². The quantitative estimate of drug-likeness (QED) is 0.898. The number of hydrogen-bond donors (Lipinski definition) is 1. The summed E-state index contributed by atoms with van der Waals surface area (Å²) in [4.78, 5) is 14.8. The third kappa shape index (κ3) is 3.74. The highest BCUT2D eigenvalue weighted by molar-refractivity contribution is 6.42. The van der Waals surface area contributed by atoms with Crippen LogP contribution in [0.4, 0.5) is 0 Å². The number of halogens is 2. The summed E-state index contributed by atoms with van der Waals surface area (Å²) >= 11 is 11.9. The molecule has 0 aromatic heterocycles. The second kappa shape index (κ2) is 7.26. The number of benzene rings is 1. The number of nitrogens with one attached hydrogen (secondary N) is 1. The first-order chi connectivity index (χ1) is 11.1. The zero-order chi connectivity index (χ0) is 16.4. The summed E-state index contributed by atoms with van der Waals surface area (Å²) in [5.74, 6) is 0.161. The molecular formula is C16H20Cl2N2O3. The molecule has 2 heterocycles. The zero-order valence-electron chi connectivity index (χ0n) is 13.0. The van der Waals surface area contributed by atoms with Gasteiger partial charge in [0.15, 0.2) is 0 Å². The van der Waals surface area contributed by atoms with Gasteiger partial charge in [0.2, 0.25) is 0 Å². The van der Waals surface area contributed by atoms with Crippen LogP contribution >= 0.6 is 23.2 Å². The normalized spacial score (nSPS) is 24.3. The topological polar surface area (TPSA) is 50.8 Å². The van der Waals surface area contributed by atoms with Crippen molar-refractivity contribution in [2.45, 2.75) is 25.0 Å². The summed E-state index contributed by atoms with van der Waals surface area (Å²) < 4.78 is 11.1. The van der Waals surface area contributed by atoms with Crippen LogP contribution in [0.1, 0.15) is 23.2 Å². The van der Waals surface area contributed by atoms with E-state index in [4.69, 9.17) is 32.7 Å². The Hall–Kier alpha value is -1.01. The lowest BCUT2D eigenvalue weighted by Crippen LogP contribution is -2.50. The maximum absolute atomic E-state index is 12.4. The van der Waals surface area contributed by atoms with E-state index in [1.54, 1.807) is 6.07 Å². The standard InChI is InChI=1S/C16H20Cl2N2O3/c1-22-15-6-14(18)13(17)5-12(15)16(21)19-7-11-8-20-4-2-3-10(20)9-23-11/h5-6,10-11H,2-4,7-9H2,1H3,(H,19,21). The molecular weight excluding hydrogens is 339 g/mol. The SMILES string of the molecule is COc1cc(Cl)c(Cl)cc1C(=O)NCC1CN2CCCC2CO1. The van der Waals surface area contributed by atoms with Crippen LogP contribution in [-0.4, -0.2) is 56.3 Å². The number of fused-ring (bicyclic) bond motifs is 1. The Morgan fingerprint density at radius 3 is 3.00 bits per heavy atom. The number of morpholine rings is 1. The Balaban J connectivity index is 1.60. The summed E-state index contributed by atoms with van der Waals surface area (Å²) in [5.41, 5.74) is 0.372. The van der Waals surface area contributed by atoms with Gasteiger partial charge in [0.1, 0.15) is 5.75 Å². The van der Waals surface area contributed by atoms with Crippen LogP contribution in [0.15, 0.2) is 12.1 Å². The van der Waals surface area contributed by atoms with Crippen molar-refractivity contribution in [3.8, 4) is 5.75 Å². The summed E-state index contributed by atoms with van der Waals surface area (Å²) in [6.07, 6.45) is 2.45. The number of methoxy groups -OCH3 is 1. The van der Waals surface area contributed by atoms with E-state index in [1.807, 2.05) is 0 Å².